The van der Waals surface area contributed by atoms with Gasteiger partial charge in [0.25, 0.3) is 0 Å². The number of carbonyl (C=O) groups excluding carboxylic acids is 1. The van der Waals surface area contributed by atoms with E-state index in [0.29, 0.717) is 13.2 Å². The van der Waals surface area contributed by atoms with Crippen molar-refractivity contribution in [1.82, 2.24) is 4.90 Å². The van der Waals surface area contributed by atoms with Crippen LogP contribution in [0.3, 0.4) is 0 Å². The quantitative estimate of drug-likeness (QED) is 0.556. The highest BCUT2D eigenvalue weighted by atomic mass is 79.9. The third-order valence-electron chi connectivity index (χ3n) is 3.79. The van der Waals surface area contributed by atoms with Crippen molar-refractivity contribution in [3.8, 4) is 5.75 Å². The molecule has 134 valence electrons. The minimum Gasteiger partial charge on any atom is -0.492 e. The SMILES string of the molecule is CCCCCN(CCOc1ccccc1)C(=O)Nc1ccc(Br)cc1. The Morgan fingerprint density at radius 3 is 2.44 bits per heavy atom. The molecule has 2 amide bonds. The number of para-hydroxylation sites is 1. The topological polar surface area (TPSA) is 41.6 Å². The van der Waals surface area contributed by atoms with Gasteiger partial charge >= 0.3 is 6.03 Å². The number of carbonyl (C=O) groups is 1. The van der Waals surface area contributed by atoms with Crippen LogP contribution in [0.15, 0.2) is 59.1 Å². The van der Waals surface area contributed by atoms with E-state index in [9.17, 15) is 4.79 Å². The summed E-state index contributed by atoms with van der Waals surface area (Å²) in [6.45, 7) is 3.92. The largest absolute Gasteiger partial charge is 0.492 e. The number of nitrogens with zero attached hydrogens (tertiary/aromatic N) is 1. The second kappa shape index (κ2) is 10.8. The van der Waals surface area contributed by atoms with E-state index in [-0.39, 0.29) is 6.03 Å². The van der Waals surface area contributed by atoms with Gasteiger partial charge in [-0.3, -0.25) is 0 Å². The Labute approximate surface area is 158 Å². The van der Waals surface area contributed by atoms with Crippen molar-refractivity contribution in [2.45, 2.75) is 26.2 Å². The lowest BCUT2D eigenvalue weighted by Crippen LogP contribution is -2.38. The van der Waals surface area contributed by atoms with E-state index in [1.165, 1.54) is 0 Å². The monoisotopic (exact) mass is 404 g/mol. The van der Waals surface area contributed by atoms with E-state index < -0.39 is 0 Å². The molecule has 2 aromatic carbocycles. The van der Waals surface area contributed by atoms with Gasteiger partial charge < -0.3 is 15.0 Å². The summed E-state index contributed by atoms with van der Waals surface area (Å²) in [6, 6.07) is 17.2. The Balaban J connectivity index is 1.88. The number of ether oxygens (including phenoxy) is 1. The number of nitrogens with one attached hydrogen (secondary N) is 1. The third kappa shape index (κ3) is 7.18. The summed E-state index contributed by atoms with van der Waals surface area (Å²) >= 11 is 3.40. The molecular weight excluding hydrogens is 380 g/mol. The summed E-state index contributed by atoms with van der Waals surface area (Å²) < 4.78 is 6.72. The van der Waals surface area contributed by atoms with Crippen LogP contribution < -0.4 is 10.1 Å². The van der Waals surface area contributed by atoms with Crippen molar-refractivity contribution >= 4 is 27.6 Å². The molecule has 0 heterocycles. The van der Waals surface area contributed by atoms with Crippen LogP contribution in [0.2, 0.25) is 0 Å². The smallest absolute Gasteiger partial charge is 0.321 e. The summed E-state index contributed by atoms with van der Waals surface area (Å²) in [7, 11) is 0. The van der Waals surface area contributed by atoms with E-state index in [4.69, 9.17) is 4.74 Å². The summed E-state index contributed by atoms with van der Waals surface area (Å²) in [5, 5.41) is 2.96. The number of hydrogen-bond donors (Lipinski definition) is 1. The van der Waals surface area contributed by atoms with Crippen LogP contribution in [0.4, 0.5) is 10.5 Å². The second-order valence-corrected chi connectivity index (χ2v) is 6.71. The minimum atomic E-state index is -0.0879. The molecule has 0 atom stereocenters. The van der Waals surface area contributed by atoms with Gasteiger partial charge in [0.1, 0.15) is 12.4 Å². The van der Waals surface area contributed by atoms with Gasteiger partial charge in [-0.1, -0.05) is 53.9 Å². The van der Waals surface area contributed by atoms with Gasteiger partial charge in [0.05, 0.1) is 6.54 Å². The van der Waals surface area contributed by atoms with E-state index >= 15 is 0 Å². The van der Waals surface area contributed by atoms with Crippen LogP contribution in [-0.2, 0) is 0 Å². The Hall–Kier alpha value is -2.01. The van der Waals surface area contributed by atoms with Crippen LogP contribution in [0.25, 0.3) is 0 Å². The predicted molar refractivity (Wildman–Crippen MR) is 106 cm³/mol. The lowest BCUT2D eigenvalue weighted by molar-refractivity contribution is 0.193. The minimum absolute atomic E-state index is 0.0879. The number of urea groups is 1. The molecule has 0 bridgehead atoms. The van der Waals surface area contributed by atoms with Crippen molar-refractivity contribution in [3.63, 3.8) is 0 Å². The van der Waals surface area contributed by atoms with Crippen LogP contribution >= 0.6 is 15.9 Å². The molecule has 0 unspecified atom stereocenters. The maximum atomic E-state index is 12.6. The fourth-order valence-electron chi connectivity index (χ4n) is 2.39. The van der Waals surface area contributed by atoms with Crippen molar-refractivity contribution in [1.29, 1.82) is 0 Å². The van der Waals surface area contributed by atoms with Gasteiger partial charge in [-0.05, 0) is 42.8 Å². The first-order valence-electron chi connectivity index (χ1n) is 8.68. The molecule has 0 saturated heterocycles. The zero-order valence-corrected chi connectivity index (χ0v) is 16.2. The molecule has 4 nitrogen and oxygen atoms in total. The lowest BCUT2D eigenvalue weighted by atomic mass is 10.2. The molecule has 1 N–H and O–H groups in total. The third-order valence-corrected chi connectivity index (χ3v) is 4.32. The van der Waals surface area contributed by atoms with Crippen LogP contribution in [0.5, 0.6) is 5.75 Å². The van der Waals surface area contributed by atoms with Gasteiger partial charge in [-0.2, -0.15) is 0 Å². The number of benzene rings is 2. The zero-order valence-electron chi connectivity index (χ0n) is 14.6. The normalized spacial score (nSPS) is 10.3. The summed E-state index contributed by atoms with van der Waals surface area (Å²) in [5.41, 5.74) is 0.790. The highest BCUT2D eigenvalue weighted by Crippen LogP contribution is 2.15. The molecule has 2 rings (SSSR count). The summed E-state index contributed by atoms with van der Waals surface area (Å²) in [4.78, 5) is 14.4. The number of rotatable bonds is 9. The fourth-order valence-corrected chi connectivity index (χ4v) is 2.66. The molecule has 5 heteroatoms. The second-order valence-electron chi connectivity index (χ2n) is 5.79. The summed E-state index contributed by atoms with van der Waals surface area (Å²) in [6.07, 6.45) is 3.24. The maximum absolute atomic E-state index is 12.6. The molecule has 0 fully saturated rings. The molecule has 0 aliphatic rings. The Morgan fingerprint density at radius 2 is 1.76 bits per heavy atom. The standard InChI is InChI=1S/C20H25BrN2O2/c1-2-3-7-14-23(15-16-25-19-8-5-4-6-9-19)20(24)22-18-12-10-17(21)11-13-18/h4-6,8-13H,2-3,7,14-16H2,1H3,(H,22,24). The summed E-state index contributed by atoms with van der Waals surface area (Å²) in [5.74, 6) is 0.823. The van der Waals surface area contributed by atoms with Gasteiger partial charge in [-0.25, -0.2) is 4.79 Å². The molecule has 2 aromatic rings. The Kier molecular flexibility index (Phi) is 8.32. The van der Waals surface area contributed by atoms with Crippen molar-refractivity contribution < 1.29 is 9.53 Å². The maximum Gasteiger partial charge on any atom is 0.321 e. The molecule has 0 aliphatic heterocycles. The molecule has 0 radical (unpaired) electrons. The Morgan fingerprint density at radius 1 is 1.04 bits per heavy atom. The van der Waals surface area contributed by atoms with Gasteiger partial charge in [-0.15, -0.1) is 0 Å². The number of unbranched alkanes of at least 4 members (excludes halogenated alkanes) is 2. The molecule has 0 aliphatic carbocycles. The molecule has 0 saturated carbocycles. The van der Waals surface area contributed by atoms with Crippen molar-refractivity contribution in [3.05, 3.63) is 59.1 Å². The Bertz CT molecular complexity index is 632. The number of hydrogen-bond acceptors (Lipinski definition) is 2. The van der Waals surface area contributed by atoms with Crippen LogP contribution in [-0.4, -0.2) is 30.6 Å². The fraction of sp³-hybridized carbons (Fsp3) is 0.350. The van der Waals surface area contributed by atoms with Gasteiger partial charge in [0, 0.05) is 16.7 Å². The first-order chi connectivity index (χ1) is 12.2. The lowest BCUT2D eigenvalue weighted by Gasteiger charge is -2.23. The highest BCUT2D eigenvalue weighted by Gasteiger charge is 2.13. The molecular formula is C20H25BrN2O2. The van der Waals surface area contributed by atoms with Crippen LogP contribution in [0, 0.1) is 0 Å². The van der Waals surface area contributed by atoms with Crippen molar-refractivity contribution in [2.24, 2.45) is 0 Å². The van der Waals surface area contributed by atoms with Gasteiger partial charge in [0.2, 0.25) is 0 Å². The molecule has 0 spiro atoms. The van der Waals surface area contributed by atoms with Gasteiger partial charge in [0.15, 0.2) is 0 Å². The van der Waals surface area contributed by atoms with E-state index in [0.717, 1.165) is 41.7 Å². The van der Waals surface area contributed by atoms with E-state index in [1.807, 2.05) is 59.5 Å². The molecule has 25 heavy (non-hydrogen) atoms. The predicted octanol–water partition coefficient (Wildman–Crippen LogP) is 5.55. The first kappa shape index (κ1) is 19.3. The zero-order chi connectivity index (χ0) is 17.9. The number of halogens is 1. The number of anilines is 1. The number of amides is 2. The molecule has 0 aromatic heterocycles. The van der Waals surface area contributed by atoms with E-state index in [1.54, 1.807) is 0 Å². The average molecular weight is 405 g/mol. The van der Waals surface area contributed by atoms with E-state index in [2.05, 4.69) is 28.2 Å². The van der Waals surface area contributed by atoms with Crippen molar-refractivity contribution in [2.75, 3.05) is 25.0 Å². The first-order valence-corrected chi connectivity index (χ1v) is 9.47. The van der Waals surface area contributed by atoms with Crippen LogP contribution in [0.1, 0.15) is 26.2 Å². The average Bonchev–Trinajstić information content (AvgIpc) is 2.63. The highest BCUT2D eigenvalue weighted by molar-refractivity contribution is 9.10.